The summed E-state index contributed by atoms with van der Waals surface area (Å²) in [6.45, 7) is 3.81. The Morgan fingerprint density at radius 3 is 3.06 bits per heavy atom. The maximum atomic E-state index is 13.1. The Labute approximate surface area is 181 Å². The van der Waals surface area contributed by atoms with E-state index in [1.807, 2.05) is 0 Å². The van der Waals surface area contributed by atoms with Gasteiger partial charge in [0, 0.05) is 22.6 Å². The Morgan fingerprint density at radius 2 is 2.29 bits per heavy atom. The van der Waals surface area contributed by atoms with Crippen molar-refractivity contribution in [3.8, 4) is 0 Å². The number of nitro groups is 1. The number of carbonyl (C=O) groups is 1. The van der Waals surface area contributed by atoms with Gasteiger partial charge in [-0.15, -0.1) is 11.3 Å². The fourth-order valence-corrected chi connectivity index (χ4v) is 5.07. The van der Waals surface area contributed by atoms with Crippen molar-refractivity contribution in [1.82, 2.24) is 15.0 Å². The number of aromatic nitrogens is 2. The van der Waals surface area contributed by atoms with Gasteiger partial charge in [0.25, 0.3) is 17.2 Å². The molecule has 1 amide bonds. The first-order chi connectivity index (χ1) is 14.8. The lowest BCUT2D eigenvalue weighted by Crippen LogP contribution is -2.34. The first kappa shape index (κ1) is 20.9. The van der Waals surface area contributed by atoms with Crippen molar-refractivity contribution in [2.75, 3.05) is 0 Å². The summed E-state index contributed by atoms with van der Waals surface area (Å²) in [5, 5.41) is 15.3. The van der Waals surface area contributed by atoms with E-state index in [0.717, 1.165) is 29.7 Å². The second-order valence-corrected chi connectivity index (χ2v) is 8.83. The lowest BCUT2D eigenvalue weighted by Gasteiger charge is -2.18. The Bertz CT molecular complexity index is 1260. The summed E-state index contributed by atoms with van der Waals surface area (Å²) in [6.07, 6.45) is 5.57. The van der Waals surface area contributed by atoms with Crippen LogP contribution in [0.1, 0.15) is 42.3 Å². The van der Waals surface area contributed by atoms with Crippen molar-refractivity contribution in [3.63, 3.8) is 0 Å². The van der Waals surface area contributed by atoms with Crippen LogP contribution in [0.3, 0.4) is 0 Å². The number of amides is 1. The van der Waals surface area contributed by atoms with E-state index in [1.165, 1.54) is 40.2 Å². The number of nitro benzene ring substituents is 1. The maximum absolute atomic E-state index is 13.1. The first-order valence-electron chi connectivity index (χ1n) is 9.94. The summed E-state index contributed by atoms with van der Waals surface area (Å²) in [5.74, 6) is 0.110. The van der Waals surface area contributed by atoms with Crippen molar-refractivity contribution < 1.29 is 9.72 Å². The monoisotopic (exact) mass is 439 g/mol. The molecule has 0 spiro atoms. The van der Waals surface area contributed by atoms with Gasteiger partial charge in [-0.05, 0) is 37.7 Å². The van der Waals surface area contributed by atoms with Gasteiger partial charge < -0.3 is 0 Å². The van der Waals surface area contributed by atoms with Crippen LogP contribution in [0, 0.1) is 16.0 Å². The molecule has 1 N–H and O–H groups in total. The summed E-state index contributed by atoms with van der Waals surface area (Å²) in [6, 6.07) is 5.07. The molecule has 0 fully saturated rings. The average molecular weight is 439 g/mol. The number of nitrogens with one attached hydrogen (secondary N) is 1. The van der Waals surface area contributed by atoms with Crippen LogP contribution in [0.5, 0.6) is 0 Å². The van der Waals surface area contributed by atoms with Gasteiger partial charge in [-0.3, -0.25) is 24.3 Å². The van der Waals surface area contributed by atoms with E-state index in [0.29, 0.717) is 16.9 Å². The van der Waals surface area contributed by atoms with Crippen LogP contribution in [0.4, 0.5) is 5.69 Å². The standard InChI is InChI=1S/C21H21N5O4S/c1-12-6-7-16-17(8-12)31-20-18(16)21(28)25(11-22-20)13(2)19(27)24-23-10-14-4-3-5-15(9-14)26(29)30/h3-5,9-13H,6-8H2,1-2H3,(H,24,27)/b23-10-/t12-,13+/m1/s1. The third kappa shape index (κ3) is 4.11. The second-order valence-electron chi connectivity index (χ2n) is 7.75. The number of non-ortho nitro benzene ring substituents is 1. The summed E-state index contributed by atoms with van der Waals surface area (Å²) in [4.78, 5) is 42.4. The maximum Gasteiger partial charge on any atom is 0.270 e. The molecule has 4 rings (SSSR count). The topological polar surface area (TPSA) is 119 Å². The van der Waals surface area contributed by atoms with Crippen LogP contribution in [-0.2, 0) is 17.6 Å². The number of benzene rings is 1. The molecule has 1 aliphatic carbocycles. The number of hydrazone groups is 1. The van der Waals surface area contributed by atoms with Crippen molar-refractivity contribution in [1.29, 1.82) is 0 Å². The average Bonchev–Trinajstić information content (AvgIpc) is 3.12. The second kappa shape index (κ2) is 8.38. The fraction of sp³-hybridized carbons (Fsp3) is 0.333. The highest BCUT2D eigenvalue weighted by atomic mass is 32.1. The van der Waals surface area contributed by atoms with E-state index < -0.39 is 16.9 Å². The van der Waals surface area contributed by atoms with Gasteiger partial charge in [0.2, 0.25) is 0 Å². The summed E-state index contributed by atoms with van der Waals surface area (Å²) in [5.41, 5.74) is 3.65. The van der Waals surface area contributed by atoms with Crippen LogP contribution in [-0.4, -0.2) is 26.6 Å². The first-order valence-corrected chi connectivity index (χ1v) is 10.8. The minimum Gasteiger partial charge on any atom is -0.286 e. The van der Waals surface area contributed by atoms with Crippen LogP contribution < -0.4 is 11.0 Å². The smallest absolute Gasteiger partial charge is 0.270 e. The van der Waals surface area contributed by atoms with Gasteiger partial charge in [0.05, 0.1) is 22.9 Å². The van der Waals surface area contributed by atoms with Crippen LogP contribution >= 0.6 is 11.3 Å². The zero-order valence-corrected chi connectivity index (χ0v) is 17.9. The highest BCUT2D eigenvalue weighted by Crippen LogP contribution is 2.35. The lowest BCUT2D eigenvalue weighted by atomic mass is 9.89. The van der Waals surface area contributed by atoms with Gasteiger partial charge in [0.1, 0.15) is 10.9 Å². The van der Waals surface area contributed by atoms with Crippen LogP contribution in [0.25, 0.3) is 10.2 Å². The molecule has 0 bridgehead atoms. The van der Waals surface area contributed by atoms with Gasteiger partial charge in [0.15, 0.2) is 0 Å². The Kier molecular flexibility index (Phi) is 5.64. The molecule has 3 aromatic rings. The molecule has 0 radical (unpaired) electrons. The normalized spacial score (nSPS) is 16.9. The molecule has 0 unspecified atom stereocenters. The molecule has 1 aliphatic rings. The fourth-order valence-electron chi connectivity index (χ4n) is 3.73. The molecule has 160 valence electrons. The van der Waals surface area contributed by atoms with E-state index >= 15 is 0 Å². The lowest BCUT2D eigenvalue weighted by molar-refractivity contribution is -0.384. The number of thiophene rings is 1. The number of rotatable bonds is 5. The quantitative estimate of drug-likeness (QED) is 0.372. The number of hydrogen-bond acceptors (Lipinski definition) is 7. The zero-order chi connectivity index (χ0) is 22.1. The molecule has 2 atom stereocenters. The minimum absolute atomic E-state index is 0.0666. The Balaban J connectivity index is 1.54. The molecular formula is C21H21N5O4S. The van der Waals surface area contributed by atoms with Gasteiger partial charge in [-0.2, -0.15) is 5.10 Å². The van der Waals surface area contributed by atoms with E-state index in [1.54, 1.807) is 24.3 Å². The molecule has 2 heterocycles. The van der Waals surface area contributed by atoms with Gasteiger partial charge in [-0.25, -0.2) is 10.4 Å². The van der Waals surface area contributed by atoms with Crippen LogP contribution in [0.15, 0.2) is 40.5 Å². The molecule has 0 aliphatic heterocycles. The van der Waals surface area contributed by atoms with Crippen molar-refractivity contribution in [3.05, 3.63) is 67.1 Å². The highest BCUT2D eigenvalue weighted by Gasteiger charge is 2.25. The van der Waals surface area contributed by atoms with E-state index in [-0.39, 0.29) is 11.2 Å². The minimum atomic E-state index is -0.815. The highest BCUT2D eigenvalue weighted by molar-refractivity contribution is 7.18. The van der Waals surface area contributed by atoms with Gasteiger partial charge in [-0.1, -0.05) is 19.1 Å². The predicted molar refractivity (Wildman–Crippen MR) is 119 cm³/mol. The number of nitrogens with zero attached hydrogens (tertiary/aromatic N) is 4. The molecule has 10 heteroatoms. The van der Waals surface area contributed by atoms with Crippen LogP contribution in [0.2, 0.25) is 0 Å². The van der Waals surface area contributed by atoms with Crippen molar-refractivity contribution >= 4 is 39.4 Å². The molecule has 0 saturated carbocycles. The number of hydrogen-bond donors (Lipinski definition) is 1. The Morgan fingerprint density at radius 1 is 1.48 bits per heavy atom. The Hall–Kier alpha value is -3.40. The third-order valence-electron chi connectivity index (χ3n) is 5.51. The summed E-state index contributed by atoms with van der Waals surface area (Å²) < 4.78 is 1.32. The van der Waals surface area contributed by atoms with E-state index in [9.17, 15) is 19.7 Å². The molecule has 1 aromatic carbocycles. The van der Waals surface area contributed by atoms with Crippen molar-refractivity contribution in [2.24, 2.45) is 11.0 Å². The number of carbonyl (C=O) groups excluding carboxylic acids is 1. The number of fused-ring (bicyclic) bond motifs is 3. The van der Waals surface area contributed by atoms with E-state index in [4.69, 9.17) is 0 Å². The summed E-state index contributed by atoms with van der Waals surface area (Å²) >= 11 is 1.56. The zero-order valence-electron chi connectivity index (χ0n) is 17.1. The summed E-state index contributed by atoms with van der Waals surface area (Å²) in [7, 11) is 0. The molecule has 9 nitrogen and oxygen atoms in total. The SMILES string of the molecule is C[C@@H]1CCc2c(sc3ncn([C@@H](C)C(=O)N/N=C\c4cccc([N+](=O)[O-])c4)c(=O)c23)C1. The predicted octanol–water partition coefficient (Wildman–Crippen LogP) is 3.20. The van der Waals surface area contributed by atoms with Gasteiger partial charge >= 0.3 is 0 Å². The van der Waals surface area contributed by atoms with Crippen molar-refractivity contribution in [2.45, 2.75) is 39.2 Å². The molecular weight excluding hydrogens is 418 g/mol. The molecule has 31 heavy (non-hydrogen) atoms. The van der Waals surface area contributed by atoms with E-state index in [2.05, 4.69) is 22.4 Å². The third-order valence-corrected chi connectivity index (χ3v) is 6.67. The molecule has 0 saturated heterocycles. The molecule has 2 aromatic heterocycles. The number of aryl methyl sites for hydroxylation is 1. The largest absolute Gasteiger partial charge is 0.286 e.